The lowest BCUT2D eigenvalue weighted by Gasteiger charge is -2.22. The molecule has 1 fully saturated rings. The van der Waals surface area contributed by atoms with Crippen molar-refractivity contribution in [2.45, 2.75) is 26.3 Å². The number of benzene rings is 1. The maximum atomic E-state index is 13.3. The molecule has 0 atom stereocenters. The number of hydrogen-bond acceptors (Lipinski definition) is 3. The minimum atomic E-state index is -0.621. The summed E-state index contributed by atoms with van der Waals surface area (Å²) in [6, 6.07) is 4.33. The van der Waals surface area contributed by atoms with Crippen LogP contribution in [-0.4, -0.2) is 49.3 Å². The van der Waals surface area contributed by atoms with E-state index in [1.807, 2.05) is 18.9 Å². The second kappa shape index (κ2) is 8.72. The van der Waals surface area contributed by atoms with Crippen LogP contribution in [0, 0.1) is 11.7 Å². The summed E-state index contributed by atoms with van der Waals surface area (Å²) < 4.78 is 19.0. The smallest absolute Gasteiger partial charge is 0.194 e. The fourth-order valence-electron chi connectivity index (χ4n) is 2.13. The van der Waals surface area contributed by atoms with Crippen molar-refractivity contribution in [3.8, 4) is 5.75 Å². The minimum absolute atomic E-state index is 0.338. The molecule has 1 aliphatic carbocycles. The van der Waals surface area contributed by atoms with Gasteiger partial charge in [0.15, 0.2) is 17.5 Å². The Morgan fingerprint density at radius 3 is 2.91 bits per heavy atom. The Hall–Kier alpha value is -1.82. The summed E-state index contributed by atoms with van der Waals surface area (Å²) >= 11 is 0. The molecule has 0 unspecified atom stereocenters. The van der Waals surface area contributed by atoms with Crippen LogP contribution in [-0.2, 0) is 11.3 Å². The zero-order chi connectivity index (χ0) is 16.7. The summed E-state index contributed by atoms with van der Waals surface area (Å²) in [6.07, 6.45) is 2.59. The molecule has 23 heavy (non-hydrogen) atoms. The molecule has 128 valence electrons. The molecule has 1 saturated carbocycles. The van der Waals surface area contributed by atoms with Gasteiger partial charge in [-0.2, -0.15) is 0 Å². The summed E-state index contributed by atoms with van der Waals surface area (Å²) in [5.74, 6) is 0.571. The van der Waals surface area contributed by atoms with Crippen LogP contribution in [0.2, 0.25) is 0 Å². The van der Waals surface area contributed by atoms with E-state index in [1.54, 1.807) is 6.07 Å². The number of nitrogens with one attached hydrogen (secondary N) is 1. The number of guanidine groups is 1. The number of phenols is 1. The Labute approximate surface area is 137 Å². The average molecular weight is 323 g/mol. The summed E-state index contributed by atoms with van der Waals surface area (Å²) in [5.41, 5.74) is 0.717. The third-order valence-electron chi connectivity index (χ3n) is 3.74. The van der Waals surface area contributed by atoms with E-state index in [-0.39, 0.29) is 5.75 Å². The van der Waals surface area contributed by atoms with Crippen molar-refractivity contribution >= 4 is 5.96 Å². The molecule has 0 radical (unpaired) electrons. The summed E-state index contributed by atoms with van der Waals surface area (Å²) in [7, 11) is 1.96. The molecule has 2 N–H and O–H groups in total. The molecule has 0 heterocycles. The fourth-order valence-corrected chi connectivity index (χ4v) is 2.13. The van der Waals surface area contributed by atoms with Crippen LogP contribution in [0.3, 0.4) is 0 Å². The van der Waals surface area contributed by atoms with E-state index in [0.717, 1.165) is 31.6 Å². The molecule has 1 aromatic rings. The Morgan fingerprint density at radius 2 is 2.26 bits per heavy atom. The number of phenolic OH excluding ortho intramolecular Hbond substituents is 1. The molecule has 0 spiro atoms. The predicted molar refractivity (Wildman–Crippen MR) is 89.1 cm³/mol. The highest BCUT2D eigenvalue weighted by Gasteiger charge is 2.21. The van der Waals surface area contributed by atoms with E-state index in [0.29, 0.717) is 18.7 Å². The van der Waals surface area contributed by atoms with E-state index in [4.69, 9.17) is 4.74 Å². The summed E-state index contributed by atoms with van der Waals surface area (Å²) in [6.45, 7) is 5.40. The van der Waals surface area contributed by atoms with Crippen molar-refractivity contribution in [2.24, 2.45) is 10.9 Å². The first kappa shape index (κ1) is 17.5. The number of nitrogens with zero attached hydrogens (tertiary/aromatic N) is 2. The van der Waals surface area contributed by atoms with Crippen LogP contribution < -0.4 is 5.32 Å². The van der Waals surface area contributed by atoms with Crippen molar-refractivity contribution in [1.29, 1.82) is 0 Å². The van der Waals surface area contributed by atoms with Gasteiger partial charge >= 0.3 is 0 Å². The van der Waals surface area contributed by atoms with E-state index < -0.39 is 5.82 Å². The first-order valence-corrected chi connectivity index (χ1v) is 8.14. The fraction of sp³-hybridized carbons (Fsp3) is 0.588. The van der Waals surface area contributed by atoms with Crippen LogP contribution >= 0.6 is 0 Å². The van der Waals surface area contributed by atoms with Crippen molar-refractivity contribution in [1.82, 2.24) is 10.2 Å². The van der Waals surface area contributed by atoms with E-state index in [9.17, 15) is 9.50 Å². The van der Waals surface area contributed by atoms with Gasteiger partial charge in [-0.05, 0) is 43.4 Å². The highest BCUT2D eigenvalue weighted by Crippen LogP contribution is 2.28. The van der Waals surface area contributed by atoms with Gasteiger partial charge in [-0.1, -0.05) is 6.07 Å². The molecule has 0 aliphatic heterocycles. The van der Waals surface area contributed by atoms with Crippen LogP contribution in [0.15, 0.2) is 23.2 Å². The third-order valence-corrected chi connectivity index (χ3v) is 3.74. The molecule has 5 nitrogen and oxygen atoms in total. The van der Waals surface area contributed by atoms with Gasteiger partial charge in [-0.15, -0.1) is 0 Å². The standard InChI is InChI=1S/C17H26FN3O2/c1-3-19-17(21(2)8-9-23-12-13-4-5-13)20-11-14-6-7-16(22)15(18)10-14/h6-7,10,13,22H,3-5,8-9,11-12H2,1-2H3,(H,19,20). The predicted octanol–water partition coefficient (Wildman–Crippen LogP) is 2.36. The molecule has 2 rings (SSSR count). The van der Waals surface area contributed by atoms with Crippen LogP contribution in [0.5, 0.6) is 5.75 Å². The van der Waals surface area contributed by atoms with Gasteiger partial charge in [0.25, 0.3) is 0 Å². The Balaban J connectivity index is 1.85. The topological polar surface area (TPSA) is 57.1 Å². The first-order valence-electron chi connectivity index (χ1n) is 8.14. The maximum Gasteiger partial charge on any atom is 0.194 e. The number of hydrogen-bond donors (Lipinski definition) is 2. The molecule has 6 heteroatoms. The molecular weight excluding hydrogens is 297 g/mol. The molecule has 1 aliphatic rings. The quantitative estimate of drug-likeness (QED) is 0.438. The lowest BCUT2D eigenvalue weighted by atomic mass is 10.2. The normalized spacial score (nSPS) is 14.8. The largest absolute Gasteiger partial charge is 0.505 e. The van der Waals surface area contributed by atoms with Gasteiger partial charge in [0.05, 0.1) is 13.2 Å². The van der Waals surface area contributed by atoms with Gasteiger partial charge in [-0.3, -0.25) is 0 Å². The van der Waals surface area contributed by atoms with E-state index >= 15 is 0 Å². The number of aromatic hydroxyl groups is 1. The van der Waals surface area contributed by atoms with Gasteiger partial charge in [0.1, 0.15) is 0 Å². The first-order chi connectivity index (χ1) is 11.1. The van der Waals surface area contributed by atoms with Gasteiger partial charge in [-0.25, -0.2) is 9.38 Å². The number of rotatable bonds is 8. The van der Waals surface area contributed by atoms with E-state index in [1.165, 1.54) is 25.0 Å². The molecule has 1 aromatic carbocycles. The van der Waals surface area contributed by atoms with Crippen LogP contribution in [0.1, 0.15) is 25.3 Å². The van der Waals surface area contributed by atoms with Gasteiger partial charge in [0.2, 0.25) is 0 Å². The Bertz CT molecular complexity index is 533. The van der Waals surface area contributed by atoms with Gasteiger partial charge in [0, 0.05) is 26.7 Å². The highest BCUT2D eigenvalue weighted by molar-refractivity contribution is 5.79. The van der Waals surface area contributed by atoms with Crippen LogP contribution in [0.4, 0.5) is 4.39 Å². The van der Waals surface area contributed by atoms with Crippen molar-refractivity contribution in [3.63, 3.8) is 0 Å². The lowest BCUT2D eigenvalue weighted by Crippen LogP contribution is -2.40. The lowest BCUT2D eigenvalue weighted by molar-refractivity contribution is 0.115. The Morgan fingerprint density at radius 1 is 1.48 bits per heavy atom. The zero-order valence-electron chi connectivity index (χ0n) is 13.9. The van der Waals surface area contributed by atoms with Crippen molar-refractivity contribution in [3.05, 3.63) is 29.6 Å². The number of halogens is 1. The number of aliphatic imine (C=N–C) groups is 1. The minimum Gasteiger partial charge on any atom is -0.505 e. The molecule has 0 bridgehead atoms. The molecule has 0 aromatic heterocycles. The molecule has 0 amide bonds. The Kier molecular flexibility index (Phi) is 6.65. The molecular formula is C17H26FN3O2. The van der Waals surface area contributed by atoms with Crippen molar-refractivity contribution < 1.29 is 14.2 Å². The maximum absolute atomic E-state index is 13.3. The molecule has 0 saturated heterocycles. The highest BCUT2D eigenvalue weighted by atomic mass is 19.1. The van der Waals surface area contributed by atoms with E-state index in [2.05, 4.69) is 10.3 Å². The van der Waals surface area contributed by atoms with Crippen LogP contribution in [0.25, 0.3) is 0 Å². The van der Waals surface area contributed by atoms with Gasteiger partial charge < -0.3 is 20.1 Å². The third kappa shape index (κ3) is 6.06. The average Bonchev–Trinajstić information content (AvgIpc) is 3.35. The zero-order valence-corrected chi connectivity index (χ0v) is 13.9. The van der Waals surface area contributed by atoms with Crippen molar-refractivity contribution in [2.75, 3.05) is 33.4 Å². The number of likely N-dealkylation sites (N-methyl/N-ethyl adjacent to an activating group) is 1. The number of ether oxygens (including phenoxy) is 1. The summed E-state index contributed by atoms with van der Waals surface area (Å²) in [4.78, 5) is 6.52. The second-order valence-corrected chi connectivity index (χ2v) is 5.90. The monoisotopic (exact) mass is 323 g/mol. The second-order valence-electron chi connectivity index (χ2n) is 5.90. The SMILES string of the molecule is CCNC(=NCc1ccc(O)c(F)c1)N(C)CCOCC1CC1. The summed E-state index contributed by atoms with van der Waals surface area (Å²) in [5, 5.41) is 12.4.